The van der Waals surface area contributed by atoms with E-state index in [2.05, 4.69) is 5.32 Å². The van der Waals surface area contributed by atoms with Gasteiger partial charge in [-0.2, -0.15) is 0 Å². The fourth-order valence-corrected chi connectivity index (χ4v) is 4.27. The molecular weight excluding hydrogens is 338 g/mol. The van der Waals surface area contributed by atoms with Crippen LogP contribution in [0.25, 0.3) is 0 Å². The first-order valence-corrected chi connectivity index (χ1v) is 9.71. The van der Waals surface area contributed by atoms with Crippen molar-refractivity contribution in [2.45, 2.75) is 69.2 Å². The summed E-state index contributed by atoms with van der Waals surface area (Å²) in [7, 11) is 0. The molecule has 0 bridgehead atoms. The van der Waals surface area contributed by atoms with E-state index in [4.69, 9.17) is 16.3 Å². The van der Waals surface area contributed by atoms with Crippen molar-refractivity contribution in [2.75, 3.05) is 6.61 Å². The van der Waals surface area contributed by atoms with E-state index in [1.807, 2.05) is 12.1 Å². The number of amides is 1. The number of benzene rings is 1. The SMILES string of the molecule is O=C(COC(=O)C1(c2ccc(Cl)cc2)CCCC1)NC1CCCCC1. The maximum Gasteiger partial charge on any atom is 0.317 e. The molecule has 0 saturated heterocycles. The van der Waals surface area contributed by atoms with E-state index in [0.29, 0.717) is 5.02 Å². The number of carbonyl (C=O) groups is 2. The van der Waals surface area contributed by atoms with Crippen LogP contribution in [-0.2, 0) is 19.7 Å². The van der Waals surface area contributed by atoms with Crippen LogP contribution in [-0.4, -0.2) is 24.5 Å². The Morgan fingerprint density at radius 3 is 2.32 bits per heavy atom. The fourth-order valence-electron chi connectivity index (χ4n) is 4.14. The first kappa shape index (κ1) is 18.2. The van der Waals surface area contributed by atoms with Crippen molar-refractivity contribution in [3.05, 3.63) is 34.9 Å². The largest absolute Gasteiger partial charge is 0.455 e. The van der Waals surface area contributed by atoms with Gasteiger partial charge in [-0.1, -0.05) is 55.8 Å². The number of hydrogen-bond acceptors (Lipinski definition) is 3. The number of rotatable bonds is 5. The molecule has 0 heterocycles. The summed E-state index contributed by atoms with van der Waals surface area (Å²) in [5.41, 5.74) is 0.308. The Bertz CT molecular complexity index is 602. The molecule has 0 spiro atoms. The molecule has 0 unspecified atom stereocenters. The van der Waals surface area contributed by atoms with Crippen molar-refractivity contribution in [3.8, 4) is 0 Å². The predicted molar refractivity (Wildman–Crippen MR) is 97.6 cm³/mol. The van der Waals surface area contributed by atoms with Gasteiger partial charge in [0.15, 0.2) is 6.61 Å². The van der Waals surface area contributed by atoms with Crippen LogP contribution >= 0.6 is 11.6 Å². The molecule has 2 saturated carbocycles. The summed E-state index contributed by atoms with van der Waals surface area (Å²) in [6.07, 6.45) is 9.11. The van der Waals surface area contributed by atoms with Gasteiger partial charge in [0, 0.05) is 11.1 Å². The molecule has 3 rings (SSSR count). The molecule has 4 nitrogen and oxygen atoms in total. The van der Waals surface area contributed by atoms with E-state index in [-0.39, 0.29) is 24.5 Å². The van der Waals surface area contributed by atoms with Gasteiger partial charge in [0.1, 0.15) is 0 Å². The van der Waals surface area contributed by atoms with E-state index in [1.54, 1.807) is 12.1 Å². The van der Waals surface area contributed by atoms with E-state index in [1.165, 1.54) is 6.42 Å². The molecule has 5 heteroatoms. The first-order valence-electron chi connectivity index (χ1n) is 9.33. The molecular formula is C20H26ClNO3. The number of halogens is 1. The monoisotopic (exact) mass is 363 g/mol. The lowest BCUT2D eigenvalue weighted by Gasteiger charge is -2.27. The minimum atomic E-state index is -0.629. The third-order valence-electron chi connectivity index (χ3n) is 5.55. The maximum absolute atomic E-state index is 12.8. The van der Waals surface area contributed by atoms with E-state index in [9.17, 15) is 9.59 Å². The summed E-state index contributed by atoms with van der Waals surface area (Å²) in [4.78, 5) is 24.9. The molecule has 2 fully saturated rings. The molecule has 0 atom stereocenters. The Kier molecular flexibility index (Phi) is 6.00. The van der Waals surface area contributed by atoms with Crippen molar-refractivity contribution >= 4 is 23.5 Å². The molecule has 0 aromatic heterocycles. The van der Waals surface area contributed by atoms with Crippen LogP contribution in [0.5, 0.6) is 0 Å². The van der Waals surface area contributed by atoms with Gasteiger partial charge < -0.3 is 10.1 Å². The minimum absolute atomic E-state index is 0.190. The lowest BCUT2D eigenvalue weighted by Crippen LogP contribution is -2.41. The zero-order chi connectivity index (χ0) is 17.7. The molecule has 136 valence electrons. The highest BCUT2D eigenvalue weighted by Gasteiger charge is 2.44. The second kappa shape index (κ2) is 8.22. The number of ether oxygens (including phenoxy) is 1. The van der Waals surface area contributed by atoms with Crippen LogP contribution in [0, 0.1) is 0 Å². The highest BCUT2D eigenvalue weighted by atomic mass is 35.5. The zero-order valence-electron chi connectivity index (χ0n) is 14.6. The summed E-state index contributed by atoms with van der Waals surface area (Å²) >= 11 is 5.97. The zero-order valence-corrected chi connectivity index (χ0v) is 15.3. The van der Waals surface area contributed by atoms with Gasteiger partial charge in [-0.3, -0.25) is 9.59 Å². The molecule has 1 aromatic carbocycles. The topological polar surface area (TPSA) is 55.4 Å². The number of carbonyl (C=O) groups excluding carboxylic acids is 2. The van der Waals surface area contributed by atoms with E-state index < -0.39 is 5.41 Å². The highest BCUT2D eigenvalue weighted by molar-refractivity contribution is 6.30. The second-order valence-corrected chi connectivity index (χ2v) is 7.71. The summed E-state index contributed by atoms with van der Waals surface area (Å²) < 4.78 is 5.43. The fraction of sp³-hybridized carbons (Fsp3) is 0.600. The molecule has 25 heavy (non-hydrogen) atoms. The van der Waals surface area contributed by atoms with Crippen molar-refractivity contribution in [3.63, 3.8) is 0 Å². The quantitative estimate of drug-likeness (QED) is 0.800. The first-order chi connectivity index (χ1) is 12.1. The summed E-state index contributed by atoms with van der Waals surface area (Å²) in [6.45, 7) is -0.190. The Balaban J connectivity index is 1.59. The van der Waals surface area contributed by atoms with Gasteiger partial charge in [-0.25, -0.2) is 0 Å². The molecule has 1 aromatic rings. The van der Waals surface area contributed by atoms with Gasteiger partial charge in [0.25, 0.3) is 5.91 Å². The molecule has 1 N–H and O–H groups in total. The second-order valence-electron chi connectivity index (χ2n) is 7.27. The summed E-state index contributed by atoms with van der Waals surface area (Å²) in [5.74, 6) is -0.476. The average molecular weight is 364 g/mol. The lowest BCUT2D eigenvalue weighted by atomic mass is 9.79. The van der Waals surface area contributed by atoms with Crippen molar-refractivity contribution in [2.24, 2.45) is 0 Å². The smallest absolute Gasteiger partial charge is 0.317 e. The standard InChI is InChI=1S/C20H26ClNO3/c21-16-10-8-15(9-11-16)20(12-4-5-13-20)19(24)25-14-18(23)22-17-6-2-1-3-7-17/h8-11,17H,1-7,12-14H2,(H,22,23). The van der Waals surface area contributed by atoms with Gasteiger partial charge in [-0.05, 0) is 43.4 Å². The van der Waals surface area contributed by atoms with Crippen LogP contribution in [0.2, 0.25) is 5.02 Å². The van der Waals surface area contributed by atoms with E-state index >= 15 is 0 Å². The number of nitrogens with one attached hydrogen (secondary N) is 1. The predicted octanol–water partition coefficient (Wildman–Crippen LogP) is 4.14. The third-order valence-corrected chi connectivity index (χ3v) is 5.80. The Morgan fingerprint density at radius 2 is 1.68 bits per heavy atom. The molecule has 1 amide bonds. The van der Waals surface area contributed by atoms with Crippen LogP contribution in [0.15, 0.2) is 24.3 Å². The van der Waals surface area contributed by atoms with Crippen LogP contribution in [0.4, 0.5) is 0 Å². The number of hydrogen-bond donors (Lipinski definition) is 1. The van der Waals surface area contributed by atoms with Crippen LogP contribution < -0.4 is 5.32 Å². The molecule has 0 radical (unpaired) electrons. The van der Waals surface area contributed by atoms with Crippen LogP contribution in [0.1, 0.15) is 63.4 Å². The van der Waals surface area contributed by atoms with Gasteiger partial charge >= 0.3 is 5.97 Å². The Hall–Kier alpha value is -1.55. The van der Waals surface area contributed by atoms with Crippen molar-refractivity contribution in [1.29, 1.82) is 0 Å². The third kappa shape index (κ3) is 4.35. The summed E-state index contributed by atoms with van der Waals surface area (Å²) in [6, 6.07) is 7.64. The Labute approximate surface area is 154 Å². The Morgan fingerprint density at radius 1 is 1.04 bits per heavy atom. The molecule has 0 aliphatic heterocycles. The summed E-state index contributed by atoms with van der Waals surface area (Å²) in [5, 5.41) is 3.64. The van der Waals surface area contributed by atoms with Crippen molar-refractivity contribution in [1.82, 2.24) is 5.32 Å². The van der Waals surface area contributed by atoms with Crippen LogP contribution in [0.3, 0.4) is 0 Å². The highest BCUT2D eigenvalue weighted by Crippen LogP contribution is 2.42. The van der Waals surface area contributed by atoms with E-state index in [0.717, 1.165) is 56.9 Å². The van der Waals surface area contributed by atoms with Gasteiger partial charge in [0.2, 0.25) is 0 Å². The maximum atomic E-state index is 12.8. The van der Waals surface area contributed by atoms with Crippen molar-refractivity contribution < 1.29 is 14.3 Å². The van der Waals surface area contributed by atoms with Gasteiger partial charge in [-0.15, -0.1) is 0 Å². The molecule has 2 aliphatic carbocycles. The number of esters is 1. The normalized spacial score (nSPS) is 20.2. The minimum Gasteiger partial charge on any atom is -0.455 e. The average Bonchev–Trinajstić information content (AvgIpc) is 3.12. The van der Waals surface area contributed by atoms with Gasteiger partial charge in [0.05, 0.1) is 5.41 Å². The lowest BCUT2D eigenvalue weighted by molar-refractivity contribution is -0.154. The molecule has 2 aliphatic rings.